The van der Waals surface area contributed by atoms with E-state index in [2.05, 4.69) is 41.0 Å². The molecule has 2 heterocycles. The monoisotopic (exact) mass is 458 g/mol. The van der Waals surface area contributed by atoms with Crippen molar-refractivity contribution in [3.63, 3.8) is 0 Å². The largest absolute Gasteiger partial charge is 0.491 e. The summed E-state index contributed by atoms with van der Waals surface area (Å²) in [6.45, 7) is 9.67. The van der Waals surface area contributed by atoms with Gasteiger partial charge in [-0.1, -0.05) is 32.9 Å². The highest BCUT2D eigenvalue weighted by Crippen LogP contribution is 2.17. The summed E-state index contributed by atoms with van der Waals surface area (Å²) in [7, 11) is 1.55. The second kappa shape index (κ2) is 11.2. The molecule has 0 spiro atoms. The molecule has 0 aliphatic heterocycles. The van der Waals surface area contributed by atoms with E-state index in [1.165, 1.54) is 10.1 Å². The van der Waals surface area contributed by atoms with Gasteiger partial charge in [-0.3, -0.25) is 14.3 Å². The summed E-state index contributed by atoms with van der Waals surface area (Å²) in [6, 6.07) is 7.73. The normalized spacial score (nSPS) is 12.4. The van der Waals surface area contributed by atoms with Gasteiger partial charge in [-0.15, -0.1) is 0 Å². The van der Waals surface area contributed by atoms with Crippen LogP contribution >= 0.6 is 0 Å². The van der Waals surface area contributed by atoms with E-state index in [0.29, 0.717) is 18.2 Å². The molecule has 0 fully saturated rings. The smallest absolute Gasteiger partial charge is 0.329 e. The number of likely N-dealkylation sites (N-methyl/N-ethyl adjacent to an activating group) is 1. The lowest BCUT2D eigenvalue weighted by molar-refractivity contribution is 0.0938. The average molecular weight is 459 g/mol. The van der Waals surface area contributed by atoms with Crippen LogP contribution < -0.4 is 21.3 Å². The van der Waals surface area contributed by atoms with E-state index in [1.807, 2.05) is 24.3 Å². The highest BCUT2D eigenvalue weighted by Gasteiger charge is 2.20. The van der Waals surface area contributed by atoms with Gasteiger partial charge >= 0.3 is 5.69 Å². The molecule has 3 N–H and O–H groups in total. The van der Waals surface area contributed by atoms with Gasteiger partial charge in [-0.05, 0) is 37.2 Å². The number of aromatic amines is 1. The Morgan fingerprint density at radius 2 is 1.88 bits per heavy atom. The molecule has 0 bridgehead atoms. The van der Waals surface area contributed by atoms with E-state index in [-0.39, 0.29) is 24.3 Å². The second-order valence-electron chi connectivity index (χ2n) is 7.95. The van der Waals surface area contributed by atoms with E-state index in [9.17, 15) is 14.7 Å². The number of H-pyrrole nitrogens is 1. The van der Waals surface area contributed by atoms with Crippen LogP contribution in [0.15, 0.2) is 33.9 Å². The summed E-state index contributed by atoms with van der Waals surface area (Å²) >= 11 is 0. The van der Waals surface area contributed by atoms with Gasteiger partial charge in [0.25, 0.3) is 5.56 Å². The zero-order valence-corrected chi connectivity index (χ0v) is 19.8. The molecule has 1 unspecified atom stereocenters. The van der Waals surface area contributed by atoms with Crippen LogP contribution in [0.4, 0.5) is 5.95 Å². The number of fused-ring (bicyclic) bond motifs is 1. The first-order valence-electron chi connectivity index (χ1n) is 11.4. The molecule has 10 heteroatoms. The first kappa shape index (κ1) is 24.5. The van der Waals surface area contributed by atoms with Crippen LogP contribution in [0.5, 0.6) is 5.75 Å². The number of nitrogens with one attached hydrogen (secondary N) is 2. The van der Waals surface area contributed by atoms with Crippen molar-refractivity contribution in [2.75, 3.05) is 38.1 Å². The molecule has 0 aliphatic rings. The summed E-state index contributed by atoms with van der Waals surface area (Å²) in [6.07, 6.45) is 0.0470. The average Bonchev–Trinajstić information content (AvgIpc) is 3.18. The highest BCUT2D eigenvalue weighted by atomic mass is 16.5. The first-order valence-corrected chi connectivity index (χ1v) is 11.4. The van der Waals surface area contributed by atoms with Crippen LogP contribution in [0.3, 0.4) is 0 Å². The van der Waals surface area contributed by atoms with Crippen molar-refractivity contribution in [1.82, 2.24) is 24.0 Å². The maximum Gasteiger partial charge on any atom is 0.329 e. The third-order valence-electron chi connectivity index (χ3n) is 5.78. The van der Waals surface area contributed by atoms with Crippen molar-refractivity contribution < 1.29 is 9.84 Å². The highest BCUT2D eigenvalue weighted by molar-refractivity contribution is 5.74. The van der Waals surface area contributed by atoms with Gasteiger partial charge in [0.2, 0.25) is 5.95 Å². The van der Waals surface area contributed by atoms with Crippen LogP contribution in [-0.2, 0) is 20.0 Å². The predicted octanol–water partition coefficient (Wildman–Crippen LogP) is 1.18. The molecule has 0 radical (unpaired) electrons. The van der Waals surface area contributed by atoms with Gasteiger partial charge in [0.1, 0.15) is 18.5 Å². The van der Waals surface area contributed by atoms with Gasteiger partial charge in [-0.25, -0.2) is 4.79 Å². The Kier molecular flexibility index (Phi) is 8.29. The number of hydrogen-bond acceptors (Lipinski definition) is 7. The Bertz CT molecular complexity index is 1160. The molecule has 10 nitrogen and oxygen atoms in total. The van der Waals surface area contributed by atoms with E-state index < -0.39 is 17.4 Å². The van der Waals surface area contributed by atoms with Gasteiger partial charge < -0.3 is 24.6 Å². The molecule has 0 aliphatic carbocycles. The minimum absolute atomic E-state index is 0.0493. The van der Waals surface area contributed by atoms with Gasteiger partial charge in [0, 0.05) is 20.1 Å². The number of imidazole rings is 1. The molecule has 3 aromatic rings. The van der Waals surface area contributed by atoms with Crippen molar-refractivity contribution in [2.45, 2.75) is 39.8 Å². The molecule has 1 aromatic carbocycles. The van der Waals surface area contributed by atoms with Crippen molar-refractivity contribution in [3.8, 4) is 5.75 Å². The molecular formula is C23H34N6O4. The number of aryl methyl sites for hydroxylation is 2. The maximum atomic E-state index is 12.6. The summed E-state index contributed by atoms with van der Waals surface area (Å²) in [5.41, 5.74) is 0.621. The Balaban J connectivity index is 1.81. The predicted molar refractivity (Wildman–Crippen MR) is 129 cm³/mol. The summed E-state index contributed by atoms with van der Waals surface area (Å²) in [4.78, 5) is 33.7. The van der Waals surface area contributed by atoms with Crippen molar-refractivity contribution in [2.24, 2.45) is 7.05 Å². The lowest BCUT2D eigenvalue weighted by atomic mass is 10.2. The van der Waals surface area contributed by atoms with Crippen molar-refractivity contribution in [1.29, 1.82) is 0 Å². The molecule has 33 heavy (non-hydrogen) atoms. The zero-order valence-electron chi connectivity index (χ0n) is 19.8. The molecule has 0 saturated carbocycles. The lowest BCUT2D eigenvalue weighted by Gasteiger charge is -2.19. The van der Waals surface area contributed by atoms with Crippen LogP contribution in [0.2, 0.25) is 0 Å². The summed E-state index contributed by atoms with van der Waals surface area (Å²) < 4.78 is 8.64. The number of aliphatic hydroxyl groups is 1. The Labute approximate surface area is 192 Å². The number of aliphatic hydroxyl groups excluding tert-OH is 1. The van der Waals surface area contributed by atoms with Crippen LogP contribution in [0.25, 0.3) is 11.2 Å². The quantitative estimate of drug-likeness (QED) is 0.373. The number of ether oxygens (including phenoxy) is 1. The number of rotatable bonds is 12. The Hall–Kier alpha value is -3.11. The molecule has 180 valence electrons. The van der Waals surface area contributed by atoms with E-state index in [0.717, 1.165) is 26.1 Å². The SMILES string of the molecule is CCc1ccc(OCC(O)Cn2c(NCCN(CC)CC)nc3c2c(=O)[nH]c(=O)n3C)cc1. The van der Waals surface area contributed by atoms with Gasteiger partial charge in [0.15, 0.2) is 11.2 Å². The topological polar surface area (TPSA) is 117 Å². The first-order chi connectivity index (χ1) is 15.9. The Morgan fingerprint density at radius 1 is 1.18 bits per heavy atom. The van der Waals surface area contributed by atoms with Gasteiger partial charge in [-0.2, -0.15) is 4.98 Å². The summed E-state index contributed by atoms with van der Waals surface area (Å²) in [5.74, 6) is 1.09. The Morgan fingerprint density at radius 3 is 2.52 bits per heavy atom. The minimum Gasteiger partial charge on any atom is -0.491 e. The van der Waals surface area contributed by atoms with Crippen LogP contribution in [-0.4, -0.2) is 68.0 Å². The van der Waals surface area contributed by atoms with E-state index in [4.69, 9.17) is 4.74 Å². The van der Waals surface area contributed by atoms with E-state index >= 15 is 0 Å². The van der Waals surface area contributed by atoms with Crippen LogP contribution in [0.1, 0.15) is 26.3 Å². The summed E-state index contributed by atoms with van der Waals surface area (Å²) in [5, 5.41) is 13.9. The molecule has 2 aromatic heterocycles. The lowest BCUT2D eigenvalue weighted by Crippen LogP contribution is -2.31. The third-order valence-corrected chi connectivity index (χ3v) is 5.78. The second-order valence-corrected chi connectivity index (χ2v) is 7.95. The zero-order chi connectivity index (χ0) is 24.0. The van der Waals surface area contributed by atoms with Crippen LogP contribution in [0, 0.1) is 0 Å². The number of nitrogens with zero attached hydrogens (tertiary/aromatic N) is 4. The number of anilines is 1. The van der Waals surface area contributed by atoms with E-state index in [1.54, 1.807) is 11.6 Å². The minimum atomic E-state index is -0.895. The third kappa shape index (κ3) is 5.82. The fourth-order valence-electron chi connectivity index (χ4n) is 3.69. The number of aromatic nitrogens is 4. The fourth-order valence-corrected chi connectivity index (χ4v) is 3.69. The molecule has 3 rings (SSSR count). The molecule has 0 saturated heterocycles. The number of benzene rings is 1. The molecule has 1 atom stereocenters. The number of hydrogen-bond donors (Lipinski definition) is 3. The van der Waals surface area contributed by atoms with Gasteiger partial charge in [0.05, 0.1) is 6.54 Å². The standard InChI is InChI=1S/C23H34N6O4/c1-5-16-8-10-18(11-9-16)33-15-17(30)14-29-19-20(27(4)23(32)26-21(19)31)25-22(29)24-12-13-28(6-2)7-3/h8-11,17,30H,5-7,12-15H2,1-4H3,(H,24,25)(H,26,31,32). The maximum absolute atomic E-state index is 12.6. The van der Waals surface area contributed by atoms with Crippen molar-refractivity contribution >= 4 is 17.1 Å². The van der Waals surface area contributed by atoms with Crippen molar-refractivity contribution in [3.05, 3.63) is 50.7 Å². The molecular weight excluding hydrogens is 424 g/mol. The molecule has 0 amide bonds. The fraction of sp³-hybridized carbons (Fsp3) is 0.522.